The second kappa shape index (κ2) is 6.73. The summed E-state index contributed by atoms with van der Waals surface area (Å²) < 4.78 is 5.39. The summed E-state index contributed by atoms with van der Waals surface area (Å²) in [6, 6.07) is 14.3. The van der Waals surface area contributed by atoms with Crippen molar-refractivity contribution in [3.05, 3.63) is 75.3 Å². The Morgan fingerprint density at radius 2 is 1.90 bits per heavy atom. The van der Waals surface area contributed by atoms with Crippen LogP contribution >= 0.6 is 11.6 Å². The first-order valence-electron chi connectivity index (χ1n) is 5.96. The van der Waals surface area contributed by atoms with Crippen LogP contribution in [0, 0.1) is 10.1 Å². The van der Waals surface area contributed by atoms with E-state index in [0.29, 0.717) is 0 Å². The van der Waals surface area contributed by atoms with Crippen molar-refractivity contribution < 1.29 is 9.66 Å². The number of nitro benzene ring substituents is 1. The third-order valence-electron chi connectivity index (χ3n) is 2.58. The fourth-order valence-electron chi connectivity index (χ4n) is 1.68. The van der Waals surface area contributed by atoms with Crippen molar-refractivity contribution in [1.29, 1.82) is 0 Å². The highest BCUT2D eigenvalue weighted by Gasteiger charge is 2.19. The highest BCUT2D eigenvalue weighted by molar-refractivity contribution is 6.32. The Kier molecular flexibility index (Phi) is 4.74. The maximum absolute atomic E-state index is 10.9. The van der Waals surface area contributed by atoms with E-state index >= 15 is 0 Å². The van der Waals surface area contributed by atoms with Crippen molar-refractivity contribution in [1.82, 2.24) is 0 Å². The minimum Gasteiger partial charge on any atom is -0.483 e. The number of benzene rings is 2. The molecular formula is C15H12ClNO3. The summed E-state index contributed by atoms with van der Waals surface area (Å²) in [5.74, 6) is 0.167. The van der Waals surface area contributed by atoms with E-state index in [1.165, 1.54) is 12.1 Å². The van der Waals surface area contributed by atoms with Gasteiger partial charge in [-0.2, -0.15) is 0 Å². The lowest BCUT2D eigenvalue weighted by Gasteiger charge is -2.04. The molecule has 0 radical (unpaired) electrons. The second-order valence-electron chi connectivity index (χ2n) is 3.97. The van der Waals surface area contributed by atoms with Gasteiger partial charge >= 0.3 is 5.69 Å². The van der Waals surface area contributed by atoms with Crippen LogP contribution in [-0.2, 0) is 0 Å². The second-order valence-corrected chi connectivity index (χ2v) is 4.37. The first-order chi connectivity index (χ1) is 9.68. The molecule has 0 bridgehead atoms. The summed E-state index contributed by atoms with van der Waals surface area (Å²) in [5, 5.41) is 11.0. The lowest BCUT2D eigenvalue weighted by molar-refractivity contribution is -0.385. The molecule has 102 valence electrons. The molecule has 0 fully saturated rings. The third kappa shape index (κ3) is 3.59. The maximum Gasteiger partial charge on any atom is 0.329 e. The molecule has 0 aliphatic carbocycles. The number of halogens is 1. The Balaban J connectivity index is 2.03. The third-order valence-corrected chi connectivity index (χ3v) is 2.88. The van der Waals surface area contributed by atoms with Crippen LogP contribution in [-0.4, -0.2) is 11.5 Å². The number of ether oxygens (including phenoxy) is 1. The van der Waals surface area contributed by atoms with Crippen LogP contribution in [0.2, 0.25) is 5.02 Å². The molecule has 5 heteroatoms. The van der Waals surface area contributed by atoms with Gasteiger partial charge in [-0.25, -0.2) is 0 Å². The average Bonchev–Trinajstić information content (AvgIpc) is 2.44. The van der Waals surface area contributed by atoms with E-state index in [2.05, 4.69) is 0 Å². The van der Waals surface area contributed by atoms with E-state index in [1.54, 1.807) is 12.1 Å². The summed E-state index contributed by atoms with van der Waals surface area (Å²) >= 11 is 5.79. The van der Waals surface area contributed by atoms with Crippen LogP contribution in [0.15, 0.2) is 54.6 Å². The molecule has 0 aromatic heterocycles. The van der Waals surface area contributed by atoms with Gasteiger partial charge in [-0.3, -0.25) is 10.1 Å². The summed E-state index contributed by atoms with van der Waals surface area (Å²) in [7, 11) is 0. The van der Waals surface area contributed by atoms with Gasteiger partial charge in [0, 0.05) is 0 Å². The van der Waals surface area contributed by atoms with Gasteiger partial charge in [0.05, 0.1) is 4.92 Å². The zero-order chi connectivity index (χ0) is 14.4. The van der Waals surface area contributed by atoms with E-state index in [9.17, 15) is 10.1 Å². The molecule has 0 spiro atoms. The molecule has 2 rings (SSSR count). The van der Waals surface area contributed by atoms with Gasteiger partial charge in [0.25, 0.3) is 0 Å². The lowest BCUT2D eigenvalue weighted by Crippen LogP contribution is -1.98. The molecule has 4 nitrogen and oxygen atoms in total. The molecule has 0 atom stereocenters. The molecular weight excluding hydrogens is 278 g/mol. The van der Waals surface area contributed by atoms with E-state index in [1.807, 2.05) is 36.4 Å². The van der Waals surface area contributed by atoms with Crippen LogP contribution in [0.25, 0.3) is 6.08 Å². The molecule has 0 saturated heterocycles. The summed E-state index contributed by atoms with van der Waals surface area (Å²) in [6.45, 7) is 0.232. The smallest absolute Gasteiger partial charge is 0.329 e. The summed E-state index contributed by atoms with van der Waals surface area (Å²) in [5.41, 5.74) is 0.832. The first-order valence-corrected chi connectivity index (χ1v) is 6.33. The molecule has 0 saturated carbocycles. The molecule has 0 aliphatic rings. The van der Waals surface area contributed by atoms with Crippen LogP contribution < -0.4 is 4.74 Å². The van der Waals surface area contributed by atoms with Crippen molar-refractivity contribution >= 4 is 23.4 Å². The van der Waals surface area contributed by atoms with E-state index in [4.69, 9.17) is 16.3 Å². The number of para-hydroxylation sites is 1. The van der Waals surface area contributed by atoms with Crippen molar-refractivity contribution in [3.63, 3.8) is 0 Å². The molecule has 0 heterocycles. The van der Waals surface area contributed by atoms with Gasteiger partial charge in [-0.15, -0.1) is 0 Å². The molecule has 20 heavy (non-hydrogen) atoms. The van der Waals surface area contributed by atoms with E-state index < -0.39 is 4.92 Å². The van der Waals surface area contributed by atoms with Gasteiger partial charge in [0.2, 0.25) is 0 Å². The Morgan fingerprint density at radius 1 is 1.15 bits per heavy atom. The number of hydrogen-bond acceptors (Lipinski definition) is 3. The van der Waals surface area contributed by atoms with Gasteiger partial charge in [-0.1, -0.05) is 54.1 Å². The van der Waals surface area contributed by atoms with Crippen LogP contribution in [0.5, 0.6) is 5.75 Å². The van der Waals surface area contributed by atoms with Gasteiger partial charge < -0.3 is 4.74 Å². The predicted octanol–water partition coefficient (Wildman–Crippen LogP) is 4.34. The van der Waals surface area contributed by atoms with Gasteiger partial charge in [0.1, 0.15) is 11.6 Å². The largest absolute Gasteiger partial charge is 0.483 e. The molecule has 0 N–H and O–H groups in total. The maximum atomic E-state index is 10.9. The Morgan fingerprint density at radius 3 is 2.60 bits per heavy atom. The molecule has 2 aromatic rings. The van der Waals surface area contributed by atoms with Crippen LogP contribution in [0.4, 0.5) is 5.69 Å². The van der Waals surface area contributed by atoms with Crippen molar-refractivity contribution in [2.24, 2.45) is 0 Å². The SMILES string of the molecule is O=[N+]([O-])c1c(Cl)cccc1OC/C=C/c1ccccc1. The van der Waals surface area contributed by atoms with Crippen molar-refractivity contribution in [2.45, 2.75) is 0 Å². The topological polar surface area (TPSA) is 52.4 Å². The fourth-order valence-corrected chi connectivity index (χ4v) is 1.91. The summed E-state index contributed by atoms with van der Waals surface area (Å²) in [4.78, 5) is 10.4. The minimum absolute atomic E-state index is 0.0690. The molecule has 0 amide bonds. The Hall–Kier alpha value is -2.33. The normalized spacial score (nSPS) is 10.7. The van der Waals surface area contributed by atoms with E-state index in [-0.39, 0.29) is 23.1 Å². The van der Waals surface area contributed by atoms with Gasteiger partial charge in [-0.05, 0) is 23.8 Å². The number of rotatable bonds is 5. The quantitative estimate of drug-likeness (QED) is 0.608. The highest BCUT2D eigenvalue weighted by atomic mass is 35.5. The molecule has 0 unspecified atom stereocenters. The molecule has 0 aliphatic heterocycles. The predicted molar refractivity (Wildman–Crippen MR) is 79.1 cm³/mol. The number of hydrogen-bond donors (Lipinski definition) is 0. The standard InChI is InChI=1S/C15H12ClNO3/c16-13-9-4-10-14(15(13)17(18)19)20-11-5-8-12-6-2-1-3-7-12/h1-10H,11H2/b8-5+. The lowest BCUT2D eigenvalue weighted by atomic mass is 10.2. The van der Waals surface area contributed by atoms with Crippen LogP contribution in [0.1, 0.15) is 5.56 Å². The average molecular weight is 290 g/mol. The van der Waals surface area contributed by atoms with Crippen molar-refractivity contribution in [2.75, 3.05) is 6.61 Å². The monoisotopic (exact) mass is 289 g/mol. The minimum atomic E-state index is -0.543. The number of nitro groups is 1. The highest BCUT2D eigenvalue weighted by Crippen LogP contribution is 2.34. The zero-order valence-electron chi connectivity index (χ0n) is 10.5. The fraction of sp³-hybridized carbons (Fsp3) is 0.0667. The van der Waals surface area contributed by atoms with Crippen LogP contribution in [0.3, 0.4) is 0 Å². The first kappa shape index (κ1) is 14.1. The van der Waals surface area contributed by atoms with Crippen molar-refractivity contribution in [3.8, 4) is 5.75 Å². The Labute approximate surface area is 121 Å². The Bertz CT molecular complexity index is 626. The number of nitrogens with zero attached hydrogens (tertiary/aromatic N) is 1. The van der Waals surface area contributed by atoms with Gasteiger partial charge in [0.15, 0.2) is 5.75 Å². The zero-order valence-corrected chi connectivity index (χ0v) is 11.3. The summed E-state index contributed by atoms with van der Waals surface area (Å²) in [6.07, 6.45) is 3.68. The molecule has 2 aromatic carbocycles. The van der Waals surface area contributed by atoms with E-state index in [0.717, 1.165) is 5.56 Å².